The zero-order valence-electron chi connectivity index (χ0n) is 10.3. The zero-order valence-corrected chi connectivity index (χ0v) is 10.3. The molecule has 5 heteroatoms. The lowest BCUT2D eigenvalue weighted by molar-refractivity contribution is -0.120. The molecule has 0 bridgehead atoms. The molecule has 18 heavy (non-hydrogen) atoms. The maximum atomic E-state index is 12.3. The first-order valence-corrected chi connectivity index (χ1v) is 5.91. The minimum Gasteiger partial charge on any atom is -0.497 e. The summed E-state index contributed by atoms with van der Waals surface area (Å²) in [5, 5.41) is 2.75. The van der Waals surface area contributed by atoms with Crippen LogP contribution >= 0.6 is 0 Å². The Morgan fingerprint density at radius 3 is 3.00 bits per heavy atom. The smallest absolute Gasteiger partial charge is 0.254 e. The Morgan fingerprint density at radius 1 is 1.39 bits per heavy atom. The molecule has 0 aliphatic carbocycles. The molecular weight excluding hydrogens is 232 g/mol. The van der Waals surface area contributed by atoms with Crippen LogP contribution in [0.3, 0.4) is 0 Å². The van der Waals surface area contributed by atoms with Crippen LogP contribution < -0.4 is 10.1 Å². The summed E-state index contributed by atoms with van der Waals surface area (Å²) in [6.07, 6.45) is 0.357. The van der Waals surface area contributed by atoms with Crippen LogP contribution in [0.1, 0.15) is 16.8 Å². The van der Waals surface area contributed by atoms with Crippen LogP contribution in [0.15, 0.2) is 24.3 Å². The molecule has 2 amide bonds. The van der Waals surface area contributed by atoms with Crippen molar-refractivity contribution in [1.29, 1.82) is 0 Å². The summed E-state index contributed by atoms with van der Waals surface area (Å²) < 4.78 is 5.10. The van der Waals surface area contributed by atoms with E-state index in [9.17, 15) is 9.59 Å². The fraction of sp³-hybridized carbons (Fsp3) is 0.385. The largest absolute Gasteiger partial charge is 0.497 e. The maximum absolute atomic E-state index is 12.3. The number of carbonyl (C=O) groups excluding carboxylic acids is 2. The van der Waals surface area contributed by atoms with E-state index in [1.54, 1.807) is 36.3 Å². The molecule has 1 fully saturated rings. The van der Waals surface area contributed by atoms with E-state index in [2.05, 4.69) is 5.32 Å². The summed E-state index contributed by atoms with van der Waals surface area (Å²) in [6, 6.07) is 7.05. The van der Waals surface area contributed by atoms with E-state index in [1.807, 2.05) is 0 Å². The Bertz CT molecular complexity index is 459. The van der Waals surface area contributed by atoms with Crippen molar-refractivity contribution < 1.29 is 14.3 Å². The van der Waals surface area contributed by atoms with E-state index in [0.717, 1.165) is 0 Å². The summed E-state index contributed by atoms with van der Waals surface area (Å²) in [6.45, 7) is 1.51. The van der Waals surface area contributed by atoms with Gasteiger partial charge >= 0.3 is 0 Å². The molecule has 0 radical (unpaired) electrons. The monoisotopic (exact) mass is 248 g/mol. The van der Waals surface area contributed by atoms with Crippen LogP contribution in [-0.4, -0.2) is 43.5 Å². The van der Waals surface area contributed by atoms with E-state index in [0.29, 0.717) is 37.4 Å². The van der Waals surface area contributed by atoms with Gasteiger partial charge in [-0.2, -0.15) is 0 Å². The van der Waals surface area contributed by atoms with Gasteiger partial charge < -0.3 is 15.0 Å². The lowest BCUT2D eigenvalue weighted by Gasteiger charge is -2.19. The van der Waals surface area contributed by atoms with Gasteiger partial charge in [-0.3, -0.25) is 9.59 Å². The molecule has 1 aromatic carbocycles. The highest BCUT2D eigenvalue weighted by molar-refractivity contribution is 5.95. The van der Waals surface area contributed by atoms with Crippen molar-refractivity contribution in [3.63, 3.8) is 0 Å². The second kappa shape index (κ2) is 5.53. The van der Waals surface area contributed by atoms with Crippen molar-refractivity contribution in [1.82, 2.24) is 10.2 Å². The van der Waals surface area contributed by atoms with Crippen molar-refractivity contribution >= 4 is 11.8 Å². The number of hydrogen-bond donors (Lipinski definition) is 1. The van der Waals surface area contributed by atoms with E-state index < -0.39 is 0 Å². The highest BCUT2D eigenvalue weighted by atomic mass is 16.5. The lowest BCUT2D eigenvalue weighted by Crippen LogP contribution is -2.34. The molecule has 5 nitrogen and oxygen atoms in total. The Morgan fingerprint density at radius 2 is 2.22 bits per heavy atom. The number of nitrogens with one attached hydrogen (secondary N) is 1. The van der Waals surface area contributed by atoms with Crippen LogP contribution in [0.2, 0.25) is 0 Å². The summed E-state index contributed by atoms with van der Waals surface area (Å²) >= 11 is 0. The average molecular weight is 248 g/mol. The van der Waals surface area contributed by atoms with Gasteiger partial charge in [0.1, 0.15) is 5.75 Å². The second-order valence-electron chi connectivity index (χ2n) is 4.12. The van der Waals surface area contributed by atoms with E-state index in [-0.39, 0.29) is 11.8 Å². The molecule has 1 aliphatic rings. The Labute approximate surface area is 106 Å². The van der Waals surface area contributed by atoms with Crippen molar-refractivity contribution in [3.8, 4) is 5.75 Å². The fourth-order valence-corrected chi connectivity index (χ4v) is 1.91. The number of methoxy groups -OCH3 is 1. The van der Waals surface area contributed by atoms with Crippen LogP contribution in [0, 0.1) is 0 Å². The average Bonchev–Trinajstić information content (AvgIpc) is 2.63. The summed E-state index contributed by atoms with van der Waals surface area (Å²) in [5.74, 6) is 0.589. The van der Waals surface area contributed by atoms with E-state index in [4.69, 9.17) is 4.74 Å². The first kappa shape index (κ1) is 12.4. The topological polar surface area (TPSA) is 58.6 Å². The van der Waals surface area contributed by atoms with Gasteiger partial charge in [0.15, 0.2) is 0 Å². The number of amides is 2. The van der Waals surface area contributed by atoms with Gasteiger partial charge in [0, 0.05) is 31.6 Å². The molecule has 0 saturated carbocycles. The number of nitrogens with zero attached hydrogens (tertiary/aromatic N) is 1. The fourth-order valence-electron chi connectivity index (χ4n) is 1.91. The third-order valence-corrected chi connectivity index (χ3v) is 2.92. The minimum absolute atomic E-state index is 0.00376. The molecule has 0 atom stereocenters. The molecule has 0 spiro atoms. The number of ether oxygens (including phenoxy) is 1. The highest BCUT2D eigenvalue weighted by Gasteiger charge is 2.19. The first-order valence-electron chi connectivity index (χ1n) is 5.91. The van der Waals surface area contributed by atoms with Crippen LogP contribution in [0.4, 0.5) is 0 Å². The predicted molar refractivity (Wildman–Crippen MR) is 66.5 cm³/mol. The van der Waals surface area contributed by atoms with Crippen molar-refractivity contribution in [2.45, 2.75) is 6.42 Å². The predicted octanol–water partition coefficient (Wildman–Crippen LogP) is 0.657. The molecule has 1 saturated heterocycles. The number of hydrogen-bond acceptors (Lipinski definition) is 3. The third kappa shape index (κ3) is 2.80. The number of carbonyl (C=O) groups is 2. The van der Waals surface area contributed by atoms with Crippen LogP contribution in [0.25, 0.3) is 0 Å². The standard InChI is InChI=1S/C13H16N2O3/c1-18-11-4-2-3-10(9-11)13(17)15-7-5-12(16)14-6-8-15/h2-4,9H,5-8H2,1H3,(H,14,16). The SMILES string of the molecule is COc1cccc(C(=O)N2CCNC(=O)CC2)c1. The van der Waals surface area contributed by atoms with Gasteiger partial charge in [-0.1, -0.05) is 6.07 Å². The zero-order chi connectivity index (χ0) is 13.0. The molecule has 96 valence electrons. The number of rotatable bonds is 2. The van der Waals surface area contributed by atoms with Gasteiger partial charge in [0.2, 0.25) is 5.91 Å². The van der Waals surface area contributed by atoms with Gasteiger partial charge in [-0.15, -0.1) is 0 Å². The van der Waals surface area contributed by atoms with Crippen molar-refractivity contribution in [2.24, 2.45) is 0 Å². The molecular formula is C13H16N2O3. The van der Waals surface area contributed by atoms with Gasteiger partial charge in [-0.25, -0.2) is 0 Å². The normalized spacial score (nSPS) is 15.8. The Balaban J connectivity index is 2.12. The van der Waals surface area contributed by atoms with Crippen molar-refractivity contribution in [3.05, 3.63) is 29.8 Å². The summed E-state index contributed by atoms with van der Waals surface area (Å²) in [4.78, 5) is 25.2. The van der Waals surface area contributed by atoms with Crippen LogP contribution in [-0.2, 0) is 4.79 Å². The number of benzene rings is 1. The van der Waals surface area contributed by atoms with Gasteiger partial charge in [-0.05, 0) is 18.2 Å². The molecule has 1 aromatic rings. The lowest BCUT2D eigenvalue weighted by atomic mass is 10.2. The minimum atomic E-state index is -0.0644. The second-order valence-corrected chi connectivity index (χ2v) is 4.12. The van der Waals surface area contributed by atoms with E-state index in [1.165, 1.54) is 0 Å². The Kier molecular flexibility index (Phi) is 3.82. The molecule has 0 unspecified atom stereocenters. The molecule has 1 aliphatic heterocycles. The third-order valence-electron chi connectivity index (χ3n) is 2.92. The summed E-state index contributed by atoms with van der Waals surface area (Å²) in [7, 11) is 1.57. The molecule has 0 aromatic heterocycles. The first-order chi connectivity index (χ1) is 8.70. The highest BCUT2D eigenvalue weighted by Crippen LogP contribution is 2.14. The van der Waals surface area contributed by atoms with Gasteiger partial charge in [0.05, 0.1) is 7.11 Å². The quantitative estimate of drug-likeness (QED) is 0.836. The van der Waals surface area contributed by atoms with E-state index >= 15 is 0 Å². The maximum Gasteiger partial charge on any atom is 0.254 e. The molecule has 2 rings (SSSR count). The summed E-state index contributed by atoms with van der Waals surface area (Å²) in [5.41, 5.74) is 0.587. The molecule has 1 heterocycles. The Hall–Kier alpha value is -2.04. The van der Waals surface area contributed by atoms with Gasteiger partial charge in [0.25, 0.3) is 5.91 Å². The molecule has 1 N–H and O–H groups in total. The van der Waals surface area contributed by atoms with Crippen LogP contribution in [0.5, 0.6) is 5.75 Å². The van der Waals surface area contributed by atoms with Crippen molar-refractivity contribution in [2.75, 3.05) is 26.7 Å².